The van der Waals surface area contributed by atoms with E-state index in [2.05, 4.69) is 5.32 Å². The standard InChI is InChI=1S/C10H18N2O3S/c1-10(2)7-12(5-9(13)11-10)8-3-4-16(14,15)6-8/h8H,3-7H2,1-2H3,(H,11,13). The predicted molar refractivity (Wildman–Crippen MR) is 60.9 cm³/mol. The van der Waals surface area contributed by atoms with Crippen molar-refractivity contribution < 1.29 is 13.2 Å². The fourth-order valence-corrected chi connectivity index (χ4v) is 4.29. The van der Waals surface area contributed by atoms with Gasteiger partial charge in [0.15, 0.2) is 9.84 Å². The van der Waals surface area contributed by atoms with Gasteiger partial charge in [0.1, 0.15) is 0 Å². The molecule has 0 spiro atoms. The minimum absolute atomic E-state index is 0.0134. The number of rotatable bonds is 1. The second-order valence-corrected chi connectivity index (χ2v) is 7.62. The van der Waals surface area contributed by atoms with Crippen molar-refractivity contribution in [3.63, 3.8) is 0 Å². The molecule has 2 aliphatic heterocycles. The molecule has 1 unspecified atom stereocenters. The van der Waals surface area contributed by atoms with E-state index in [0.29, 0.717) is 13.0 Å². The summed E-state index contributed by atoms with van der Waals surface area (Å²) in [5.74, 6) is 0.451. The molecule has 2 aliphatic rings. The van der Waals surface area contributed by atoms with Gasteiger partial charge in [0.05, 0.1) is 18.1 Å². The van der Waals surface area contributed by atoms with E-state index in [9.17, 15) is 13.2 Å². The van der Waals surface area contributed by atoms with Crippen LogP contribution in [0.15, 0.2) is 0 Å². The van der Waals surface area contributed by atoms with Gasteiger partial charge >= 0.3 is 0 Å². The summed E-state index contributed by atoms with van der Waals surface area (Å²) in [7, 11) is -2.87. The molecule has 2 fully saturated rings. The molecule has 1 N–H and O–H groups in total. The van der Waals surface area contributed by atoms with Crippen molar-refractivity contribution >= 4 is 15.7 Å². The van der Waals surface area contributed by atoms with Crippen LogP contribution in [0.2, 0.25) is 0 Å². The molecule has 0 saturated carbocycles. The predicted octanol–water partition coefficient (Wildman–Crippen LogP) is -0.616. The van der Waals surface area contributed by atoms with Crippen LogP contribution < -0.4 is 5.32 Å². The highest BCUT2D eigenvalue weighted by molar-refractivity contribution is 7.91. The maximum absolute atomic E-state index is 11.5. The third kappa shape index (κ3) is 2.55. The van der Waals surface area contributed by atoms with E-state index < -0.39 is 9.84 Å². The van der Waals surface area contributed by atoms with Crippen LogP contribution in [0.25, 0.3) is 0 Å². The van der Waals surface area contributed by atoms with Crippen LogP contribution in [0.5, 0.6) is 0 Å². The van der Waals surface area contributed by atoms with Gasteiger partial charge in [-0.3, -0.25) is 9.69 Å². The molecule has 0 aromatic rings. The first kappa shape index (κ1) is 11.9. The second-order valence-electron chi connectivity index (χ2n) is 5.39. The number of hydrogen-bond acceptors (Lipinski definition) is 4. The van der Waals surface area contributed by atoms with Gasteiger partial charge in [0.25, 0.3) is 0 Å². The summed E-state index contributed by atoms with van der Waals surface area (Å²) in [6.45, 7) is 4.96. The Balaban J connectivity index is 2.08. The van der Waals surface area contributed by atoms with Gasteiger partial charge in [-0.15, -0.1) is 0 Å². The van der Waals surface area contributed by atoms with E-state index in [1.807, 2.05) is 18.7 Å². The lowest BCUT2D eigenvalue weighted by Gasteiger charge is -2.41. The van der Waals surface area contributed by atoms with Gasteiger partial charge < -0.3 is 5.32 Å². The molecule has 0 aromatic heterocycles. The van der Waals surface area contributed by atoms with E-state index in [1.165, 1.54) is 0 Å². The first-order chi connectivity index (χ1) is 7.27. The first-order valence-electron chi connectivity index (χ1n) is 5.53. The maximum atomic E-state index is 11.5. The Hall–Kier alpha value is -0.620. The van der Waals surface area contributed by atoms with Crippen molar-refractivity contribution in [2.75, 3.05) is 24.6 Å². The summed E-state index contributed by atoms with van der Waals surface area (Å²) in [4.78, 5) is 13.5. The molecule has 0 aromatic carbocycles. The lowest BCUT2D eigenvalue weighted by Crippen LogP contribution is -2.62. The molecule has 92 valence electrons. The Bertz CT molecular complexity index is 402. The van der Waals surface area contributed by atoms with E-state index in [1.54, 1.807) is 0 Å². The zero-order valence-corrected chi connectivity index (χ0v) is 10.5. The number of amides is 1. The summed E-state index contributed by atoms with van der Waals surface area (Å²) in [5, 5.41) is 2.90. The number of nitrogens with one attached hydrogen (secondary N) is 1. The van der Waals surface area contributed by atoms with E-state index in [-0.39, 0.29) is 29.0 Å². The Morgan fingerprint density at radius 1 is 1.44 bits per heavy atom. The molecular formula is C10H18N2O3S. The van der Waals surface area contributed by atoms with E-state index >= 15 is 0 Å². The highest BCUT2D eigenvalue weighted by atomic mass is 32.2. The highest BCUT2D eigenvalue weighted by Crippen LogP contribution is 2.21. The summed E-state index contributed by atoms with van der Waals surface area (Å²) in [6, 6.07) is 0.0234. The molecule has 2 saturated heterocycles. The van der Waals surface area contributed by atoms with Crippen molar-refractivity contribution in [1.29, 1.82) is 0 Å². The number of nitrogens with zero attached hydrogens (tertiary/aromatic N) is 1. The zero-order chi connectivity index (χ0) is 12.0. The summed E-state index contributed by atoms with van der Waals surface area (Å²) in [6.07, 6.45) is 0.658. The topological polar surface area (TPSA) is 66.5 Å². The van der Waals surface area contributed by atoms with Gasteiger partial charge in [0, 0.05) is 18.1 Å². The molecule has 0 aliphatic carbocycles. The summed E-state index contributed by atoms with van der Waals surface area (Å²) < 4.78 is 22.8. The Kier molecular flexibility index (Phi) is 2.74. The minimum Gasteiger partial charge on any atom is -0.349 e. The van der Waals surface area contributed by atoms with Gasteiger partial charge in [-0.25, -0.2) is 8.42 Å². The largest absolute Gasteiger partial charge is 0.349 e. The van der Waals surface area contributed by atoms with Crippen LogP contribution >= 0.6 is 0 Å². The lowest BCUT2D eigenvalue weighted by molar-refractivity contribution is -0.128. The normalized spacial score (nSPS) is 33.6. The average molecular weight is 246 g/mol. The molecule has 0 radical (unpaired) electrons. The number of sulfone groups is 1. The van der Waals surface area contributed by atoms with Gasteiger partial charge in [0.2, 0.25) is 5.91 Å². The lowest BCUT2D eigenvalue weighted by atomic mass is 10.00. The Morgan fingerprint density at radius 2 is 2.12 bits per heavy atom. The third-order valence-corrected chi connectivity index (χ3v) is 4.90. The smallest absolute Gasteiger partial charge is 0.234 e. The molecular weight excluding hydrogens is 228 g/mol. The quantitative estimate of drug-likeness (QED) is 0.670. The van der Waals surface area contributed by atoms with Crippen molar-refractivity contribution in [3.05, 3.63) is 0 Å². The zero-order valence-electron chi connectivity index (χ0n) is 9.69. The molecule has 5 nitrogen and oxygen atoms in total. The molecule has 2 rings (SSSR count). The van der Waals surface area contributed by atoms with Crippen LogP contribution in [-0.4, -0.2) is 55.4 Å². The third-order valence-electron chi connectivity index (χ3n) is 3.15. The summed E-state index contributed by atoms with van der Waals surface area (Å²) >= 11 is 0. The van der Waals surface area contributed by atoms with Crippen molar-refractivity contribution in [2.45, 2.75) is 31.8 Å². The van der Waals surface area contributed by atoms with Crippen molar-refractivity contribution in [2.24, 2.45) is 0 Å². The van der Waals surface area contributed by atoms with Gasteiger partial charge in [-0.1, -0.05) is 0 Å². The van der Waals surface area contributed by atoms with Crippen LogP contribution in [-0.2, 0) is 14.6 Å². The Labute approximate surface area is 96.1 Å². The number of hydrogen-bond donors (Lipinski definition) is 1. The fraction of sp³-hybridized carbons (Fsp3) is 0.900. The Morgan fingerprint density at radius 3 is 2.62 bits per heavy atom. The van der Waals surface area contributed by atoms with Crippen LogP contribution in [0.4, 0.5) is 0 Å². The van der Waals surface area contributed by atoms with Crippen molar-refractivity contribution in [3.8, 4) is 0 Å². The molecule has 2 heterocycles. The highest BCUT2D eigenvalue weighted by Gasteiger charge is 2.38. The van der Waals surface area contributed by atoms with Crippen molar-refractivity contribution in [1.82, 2.24) is 10.2 Å². The van der Waals surface area contributed by atoms with Crippen LogP contribution in [0.3, 0.4) is 0 Å². The molecule has 1 atom stereocenters. The second kappa shape index (κ2) is 3.70. The number of carbonyl (C=O) groups is 1. The van der Waals surface area contributed by atoms with Crippen LogP contribution in [0, 0.1) is 0 Å². The monoisotopic (exact) mass is 246 g/mol. The minimum atomic E-state index is -2.87. The summed E-state index contributed by atoms with van der Waals surface area (Å²) in [5.41, 5.74) is -0.262. The molecule has 6 heteroatoms. The molecule has 0 bridgehead atoms. The fourth-order valence-electron chi connectivity index (χ4n) is 2.53. The van der Waals surface area contributed by atoms with Gasteiger partial charge in [-0.05, 0) is 20.3 Å². The van der Waals surface area contributed by atoms with Crippen LogP contribution in [0.1, 0.15) is 20.3 Å². The average Bonchev–Trinajstić information content (AvgIpc) is 2.42. The first-order valence-corrected chi connectivity index (χ1v) is 7.35. The number of carbonyl (C=O) groups excluding carboxylic acids is 1. The molecule has 1 amide bonds. The van der Waals surface area contributed by atoms with E-state index in [4.69, 9.17) is 0 Å². The SMILES string of the molecule is CC1(C)CN(C2CCS(=O)(=O)C2)CC(=O)N1. The van der Waals surface area contributed by atoms with Gasteiger partial charge in [-0.2, -0.15) is 0 Å². The maximum Gasteiger partial charge on any atom is 0.234 e. The van der Waals surface area contributed by atoms with E-state index in [0.717, 1.165) is 6.54 Å². The number of piperazine rings is 1. The molecule has 16 heavy (non-hydrogen) atoms.